The van der Waals surface area contributed by atoms with Crippen LogP contribution in [0.1, 0.15) is 56.6 Å². The third-order valence-electron chi connectivity index (χ3n) is 4.12. The Balaban J connectivity index is 1.70. The first-order chi connectivity index (χ1) is 10.3. The third kappa shape index (κ3) is 5.88. The zero-order valence-corrected chi connectivity index (χ0v) is 13.2. The molecule has 0 unspecified atom stereocenters. The van der Waals surface area contributed by atoms with Crippen LogP contribution in [0.15, 0.2) is 24.3 Å². The van der Waals surface area contributed by atoms with Crippen molar-refractivity contribution in [3.63, 3.8) is 0 Å². The fourth-order valence-electron chi connectivity index (χ4n) is 2.79. The van der Waals surface area contributed by atoms with Crippen molar-refractivity contribution in [1.29, 1.82) is 0 Å². The largest absolute Gasteiger partial charge is 0.352 e. The van der Waals surface area contributed by atoms with E-state index in [1.807, 2.05) is 0 Å². The van der Waals surface area contributed by atoms with Crippen LogP contribution in [0, 0.1) is 0 Å². The summed E-state index contributed by atoms with van der Waals surface area (Å²) in [7, 11) is 0. The number of carbonyl (C=O) groups excluding carboxylic acids is 1. The van der Waals surface area contributed by atoms with Crippen molar-refractivity contribution in [3.8, 4) is 0 Å². The number of rotatable bonds is 8. The Bertz CT molecular complexity index is 421. The summed E-state index contributed by atoms with van der Waals surface area (Å²) >= 11 is 0. The zero-order valence-electron chi connectivity index (χ0n) is 13.2. The summed E-state index contributed by atoms with van der Waals surface area (Å²) in [5, 5.41) is 3.00. The molecule has 0 aliphatic carbocycles. The van der Waals surface area contributed by atoms with Gasteiger partial charge in [-0.2, -0.15) is 0 Å². The number of nitrogens with one attached hydrogen (secondary N) is 1. The lowest BCUT2D eigenvalue weighted by atomic mass is 10.1. The predicted molar refractivity (Wildman–Crippen MR) is 86.9 cm³/mol. The summed E-state index contributed by atoms with van der Waals surface area (Å²) < 4.78 is 0. The van der Waals surface area contributed by atoms with Gasteiger partial charge in [0, 0.05) is 19.5 Å². The number of benzene rings is 1. The molecule has 1 aliphatic heterocycles. The van der Waals surface area contributed by atoms with E-state index in [-0.39, 0.29) is 5.91 Å². The fraction of sp³-hybridized carbons (Fsp3) is 0.611. The van der Waals surface area contributed by atoms with Crippen molar-refractivity contribution in [2.45, 2.75) is 58.5 Å². The highest BCUT2D eigenvalue weighted by Gasteiger charge is 2.11. The number of amides is 1. The van der Waals surface area contributed by atoms with Gasteiger partial charge in [0.1, 0.15) is 0 Å². The highest BCUT2D eigenvalue weighted by Crippen LogP contribution is 2.13. The Hall–Kier alpha value is -1.35. The maximum Gasteiger partial charge on any atom is 0.220 e. The minimum absolute atomic E-state index is 0.171. The highest BCUT2D eigenvalue weighted by molar-refractivity contribution is 5.75. The molecule has 3 nitrogen and oxygen atoms in total. The van der Waals surface area contributed by atoms with E-state index in [2.05, 4.69) is 41.4 Å². The first-order valence-electron chi connectivity index (χ1n) is 8.35. The number of nitrogens with zero attached hydrogens (tertiary/aromatic N) is 1. The number of likely N-dealkylation sites (tertiary alicyclic amines) is 1. The predicted octanol–water partition coefficient (Wildman–Crippen LogP) is 3.48. The van der Waals surface area contributed by atoms with Crippen LogP contribution >= 0.6 is 0 Å². The molecular weight excluding hydrogens is 260 g/mol. The molecule has 2 rings (SSSR count). The van der Waals surface area contributed by atoms with E-state index >= 15 is 0 Å². The van der Waals surface area contributed by atoms with Gasteiger partial charge in [-0.15, -0.1) is 0 Å². The lowest BCUT2D eigenvalue weighted by Gasteiger charge is -2.14. The topological polar surface area (TPSA) is 32.3 Å². The summed E-state index contributed by atoms with van der Waals surface area (Å²) in [6.07, 6.45) is 6.62. The molecule has 1 aromatic carbocycles. The first kappa shape index (κ1) is 16.0. The SMILES string of the molecule is CCCCCC(=O)NCc1ccc(CN2CCCC2)cc1. The van der Waals surface area contributed by atoms with E-state index < -0.39 is 0 Å². The number of carbonyl (C=O) groups is 1. The van der Waals surface area contributed by atoms with Crippen LogP contribution in [0.2, 0.25) is 0 Å². The van der Waals surface area contributed by atoms with Gasteiger partial charge in [0.05, 0.1) is 0 Å². The van der Waals surface area contributed by atoms with E-state index in [0.717, 1.165) is 25.8 Å². The Labute approximate surface area is 128 Å². The van der Waals surface area contributed by atoms with Gasteiger partial charge in [0.15, 0.2) is 0 Å². The molecule has 3 heteroatoms. The number of hydrogen-bond acceptors (Lipinski definition) is 2. The highest BCUT2D eigenvalue weighted by atomic mass is 16.1. The number of hydrogen-bond donors (Lipinski definition) is 1. The molecule has 0 bridgehead atoms. The Morgan fingerprint density at radius 2 is 1.76 bits per heavy atom. The van der Waals surface area contributed by atoms with Crippen molar-refractivity contribution in [3.05, 3.63) is 35.4 Å². The Morgan fingerprint density at radius 1 is 1.10 bits per heavy atom. The molecule has 0 radical (unpaired) electrons. The van der Waals surface area contributed by atoms with E-state index in [4.69, 9.17) is 0 Å². The van der Waals surface area contributed by atoms with Gasteiger partial charge in [-0.25, -0.2) is 0 Å². The molecular formula is C18H28N2O. The van der Waals surface area contributed by atoms with E-state index in [9.17, 15) is 4.79 Å². The summed E-state index contributed by atoms with van der Waals surface area (Å²) in [6.45, 7) is 6.32. The molecule has 0 atom stereocenters. The molecule has 1 N–H and O–H groups in total. The van der Waals surface area contributed by atoms with Crippen LogP contribution in [-0.4, -0.2) is 23.9 Å². The number of unbranched alkanes of at least 4 members (excludes halogenated alkanes) is 2. The van der Waals surface area contributed by atoms with Crippen LogP contribution in [0.4, 0.5) is 0 Å². The van der Waals surface area contributed by atoms with Crippen molar-refractivity contribution in [1.82, 2.24) is 10.2 Å². The van der Waals surface area contributed by atoms with Gasteiger partial charge in [-0.05, 0) is 43.5 Å². The second-order valence-corrected chi connectivity index (χ2v) is 6.03. The maximum absolute atomic E-state index is 11.7. The zero-order chi connectivity index (χ0) is 14.9. The van der Waals surface area contributed by atoms with Gasteiger partial charge >= 0.3 is 0 Å². The average molecular weight is 288 g/mol. The van der Waals surface area contributed by atoms with Crippen molar-refractivity contribution >= 4 is 5.91 Å². The molecule has 0 saturated carbocycles. The van der Waals surface area contributed by atoms with Crippen LogP contribution < -0.4 is 5.32 Å². The van der Waals surface area contributed by atoms with E-state index in [1.165, 1.54) is 37.1 Å². The summed E-state index contributed by atoms with van der Waals surface area (Å²) in [5.74, 6) is 0.171. The molecule has 1 fully saturated rings. The van der Waals surface area contributed by atoms with Crippen molar-refractivity contribution < 1.29 is 4.79 Å². The fourth-order valence-corrected chi connectivity index (χ4v) is 2.79. The monoisotopic (exact) mass is 288 g/mol. The van der Waals surface area contributed by atoms with E-state index in [1.54, 1.807) is 0 Å². The Kier molecular flexibility index (Phi) is 6.74. The van der Waals surface area contributed by atoms with E-state index in [0.29, 0.717) is 13.0 Å². The standard InChI is InChI=1S/C18H28N2O/c1-2-3-4-7-18(21)19-14-16-8-10-17(11-9-16)15-20-12-5-6-13-20/h8-11H,2-7,12-15H2,1H3,(H,19,21). The molecule has 1 aromatic rings. The molecule has 1 heterocycles. The first-order valence-corrected chi connectivity index (χ1v) is 8.35. The third-order valence-corrected chi connectivity index (χ3v) is 4.12. The second kappa shape index (κ2) is 8.83. The molecule has 0 aromatic heterocycles. The quantitative estimate of drug-likeness (QED) is 0.743. The molecule has 1 aliphatic rings. The normalized spacial score (nSPS) is 15.3. The van der Waals surface area contributed by atoms with Crippen LogP contribution in [0.25, 0.3) is 0 Å². The summed E-state index contributed by atoms with van der Waals surface area (Å²) in [6, 6.07) is 8.66. The van der Waals surface area contributed by atoms with Crippen LogP contribution in [0.5, 0.6) is 0 Å². The summed E-state index contributed by atoms with van der Waals surface area (Å²) in [5.41, 5.74) is 2.55. The minimum Gasteiger partial charge on any atom is -0.352 e. The molecule has 116 valence electrons. The minimum atomic E-state index is 0.171. The second-order valence-electron chi connectivity index (χ2n) is 6.03. The lowest BCUT2D eigenvalue weighted by molar-refractivity contribution is -0.121. The van der Waals surface area contributed by atoms with Crippen LogP contribution in [0.3, 0.4) is 0 Å². The smallest absolute Gasteiger partial charge is 0.220 e. The van der Waals surface area contributed by atoms with Gasteiger partial charge in [-0.3, -0.25) is 9.69 Å². The van der Waals surface area contributed by atoms with Gasteiger partial charge in [0.2, 0.25) is 5.91 Å². The maximum atomic E-state index is 11.7. The Morgan fingerprint density at radius 3 is 2.43 bits per heavy atom. The average Bonchev–Trinajstić information content (AvgIpc) is 3.00. The molecule has 1 saturated heterocycles. The lowest BCUT2D eigenvalue weighted by Crippen LogP contribution is -2.22. The molecule has 0 spiro atoms. The van der Waals surface area contributed by atoms with Gasteiger partial charge in [-0.1, -0.05) is 44.0 Å². The van der Waals surface area contributed by atoms with Crippen molar-refractivity contribution in [2.75, 3.05) is 13.1 Å². The van der Waals surface area contributed by atoms with Crippen LogP contribution in [-0.2, 0) is 17.9 Å². The van der Waals surface area contributed by atoms with Gasteiger partial charge < -0.3 is 5.32 Å². The van der Waals surface area contributed by atoms with Crippen molar-refractivity contribution in [2.24, 2.45) is 0 Å². The molecule has 21 heavy (non-hydrogen) atoms. The molecule has 1 amide bonds. The van der Waals surface area contributed by atoms with Gasteiger partial charge in [0.25, 0.3) is 0 Å². The summed E-state index contributed by atoms with van der Waals surface area (Å²) in [4.78, 5) is 14.2.